The van der Waals surface area contributed by atoms with Gasteiger partial charge >= 0.3 is 0 Å². The van der Waals surface area contributed by atoms with Gasteiger partial charge in [-0.25, -0.2) is 9.07 Å². The lowest BCUT2D eigenvalue weighted by molar-refractivity contribution is 0.191. The molecule has 0 N–H and O–H groups in total. The highest BCUT2D eigenvalue weighted by atomic mass is 19.1. The second-order valence-corrected chi connectivity index (χ2v) is 8.77. The number of tetrazole rings is 1. The van der Waals surface area contributed by atoms with Crippen LogP contribution in [0.25, 0.3) is 0 Å². The van der Waals surface area contributed by atoms with Crippen molar-refractivity contribution in [3.63, 3.8) is 0 Å². The largest absolute Gasteiger partial charge is 0.497 e. The number of hydrogen-bond acceptors (Lipinski definition) is 6. The fraction of sp³-hybridized carbons (Fsp3) is 0.435. The maximum absolute atomic E-state index is 14.3. The predicted octanol–water partition coefficient (Wildman–Crippen LogP) is 3.49. The van der Waals surface area contributed by atoms with Crippen molar-refractivity contribution < 1.29 is 9.13 Å². The summed E-state index contributed by atoms with van der Waals surface area (Å²) in [7, 11) is 1.66. The number of methoxy groups -OCH3 is 1. The first-order valence-electron chi connectivity index (χ1n) is 10.5. The lowest BCUT2D eigenvalue weighted by Gasteiger charge is -2.40. The maximum Gasteiger partial charge on any atom is 0.173 e. The minimum atomic E-state index is -0.251. The van der Waals surface area contributed by atoms with Gasteiger partial charge in [-0.1, -0.05) is 24.3 Å². The Morgan fingerprint density at radius 1 is 0.968 bits per heavy atom. The molecule has 0 radical (unpaired) electrons. The highest BCUT2D eigenvalue weighted by molar-refractivity contribution is 5.48. The number of aromatic nitrogens is 4. The van der Waals surface area contributed by atoms with Crippen LogP contribution in [0.3, 0.4) is 0 Å². The van der Waals surface area contributed by atoms with Crippen molar-refractivity contribution in [3.8, 4) is 5.75 Å². The summed E-state index contributed by atoms with van der Waals surface area (Å²) >= 11 is 0. The zero-order chi connectivity index (χ0) is 22.0. The Labute approximate surface area is 182 Å². The molecule has 8 heteroatoms. The zero-order valence-corrected chi connectivity index (χ0v) is 18.5. The number of hydrogen-bond donors (Lipinski definition) is 0. The number of rotatable bonds is 5. The third-order valence-corrected chi connectivity index (χ3v) is 5.68. The standard InChI is InChI=1S/C23H29FN6O/c1-23(2,3)30-22(25-26-27-30)21(17-9-11-18(31-4)12-10-17)29-15-13-28(14-16-29)20-8-6-5-7-19(20)24/h5-12,21H,13-16H2,1-4H3. The first-order valence-corrected chi connectivity index (χ1v) is 10.5. The Balaban J connectivity index is 1.64. The van der Waals surface area contributed by atoms with Crippen LogP contribution >= 0.6 is 0 Å². The second kappa shape index (κ2) is 8.63. The van der Waals surface area contributed by atoms with E-state index in [-0.39, 0.29) is 17.4 Å². The van der Waals surface area contributed by atoms with Gasteiger partial charge in [0.2, 0.25) is 0 Å². The zero-order valence-electron chi connectivity index (χ0n) is 18.5. The normalized spacial score (nSPS) is 16.4. The molecule has 1 unspecified atom stereocenters. The fourth-order valence-corrected chi connectivity index (χ4v) is 4.08. The SMILES string of the molecule is COc1ccc(C(c2nnnn2C(C)(C)C)N2CCN(c3ccccc3F)CC2)cc1. The van der Waals surface area contributed by atoms with Crippen molar-refractivity contribution in [2.45, 2.75) is 32.4 Å². The number of nitrogens with zero attached hydrogens (tertiary/aromatic N) is 6. The van der Waals surface area contributed by atoms with E-state index < -0.39 is 0 Å². The van der Waals surface area contributed by atoms with Gasteiger partial charge in [0.25, 0.3) is 0 Å². The van der Waals surface area contributed by atoms with Crippen molar-refractivity contribution in [1.82, 2.24) is 25.1 Å². The van der Waals surface area contributed by atoms with Gasteiger partial charge in [0.15, 0.2) is 5.82 Å². The summed E-state index contributed by atoms with van der Waals surface area (Å²) in [5.41, 5.74) is 1.50. The van der Waals surface area contributed by atoms with Crippen LogP contribution in [0.1, 0.15) is 38.2 Å². The Hall–Kier alpha value is -3.00. The first-order chi connectivity index (χ1) is 14.9. The van der Waals surface area contributed by atoms with E-state index in [4.69, 9.17) is 4.74 Å². The molecular weight excluding hydrogens is 395 g/mol. The monoisotopic (exact) mass is 424 g/mol. The molecule has 3 aromatic rings. The molecule has 0 spiro atoms. The van der Waals surface area contributed by atoms with Gasteiger partial charge in [0, 0.05) is 26.2 Å². The molecule has 1 aliphatic heterocycles. The smallest absolute Gasteiger partial charge is 0.173 e. The molecule has 1 fully saturated rings. The summed E-state index contributed by atoms with van der Waals surface area (Å²) in [5, 5.41) is 12.7. The molecule has 0 saturated carbocycles. The predicted molar refractivity (Wildman–Crippen MR) is 118 cm³/mol. The molecule has 164 valence electrons. The number of anilines is 1. The molecule has 0 amide bonds. The van der Waals surface area contributed by atoms with E-state index in [2.05, 4.69) is 58.2 Å². The third-order valence-electron chi connectivity index (χ3n) is 5.68. The summed E-state index contributed by atoms with van der Waals surface area (Å²) in [4.78, 5) is 4.47. The van der Waals surface area contributed by atoms with E-state index in [0.717, 1.165) is 43.3 Å². The van der Waals surface area contributed by atoms with Crippen LogP contribution < -0.4 is 9.64 Å². The minimum Gasteiger partial charge on any atom is -0.497 e. The molecule has 4 rings (SSSR count). The van der Waals surface area contributed by atoms with Gasteiger partial charge < -0.3 is 9.64 Å². The maximum atomic E-state index is 14.3. The van der Waals surface area contributed by atoms with Gasteiger partial charge in [-0.2, -0.15) is 0 Å². The number of halogens is 1. The van der Waals surface area contributed by atoms with E-state index in [1.54, 1.807) is 13.2 Å². The molecule has 1 saturated heterocycles. The van der Waals surface area contributed by atoms with Crippen LogP contribution in [-0.2, 0) is 5.54 Å². The Morgan fingerprint density at radius 2 is 1.65 bits per heavy atom. The van der Waals surface area contributed by atoms with Crippen molar-refractivity contribution >= 4 is 5.69 Å². The first kappa shape index (κ1) is 21.2. The van der Waals surface area contributed by atoms with E-state index in [0.29, 0.717) is 5.69 Å². The van der Waals surface area contributed by atoms with Crippen molar-refractivity contribution in [1.29, 1.82) is 0 Å². The number of piperazine rings is 1. The van der Waals surface area contributed by atoms with Crippen molar-refractivity contribution in [2.75, 3.05) is 38.2 Å². The second-order valence-electron chi connectivity index (χ2n) is 8.77. The van der Waals surface area contributed by atoms with Crippen LogP contribution in [0.2, 0.25) is 0 Å². The van der Waals surface area contributed by atoms with Crippen molar-refractivity contribution in [3.05, 3.63) is 65.7 Å². The van der Waals surface area contributed by atoms with Crippen molar-refractivity contribution in [2.24, 2.45) is 0 Å². The molecule has 1 aliphatic rings. The van der Waals surface area contributed by atoms with Crippen LogP contribution in [0.15, 0.2) is 48.5 Å². The molecule has 7 nitrogen and oxygen atoms in total. The molecule has 1 aromatic heterocycles. The molecule has 2 heterocycles. The van der Waals surface area contributed by atoms with Gasteiger partial charge in [-0.15, -0.1) is 5.10 Å². The average molecular weight is 425 g/mol. The third kappa shape index (κ3) is 4.39. The Kier molecular flexibility index (Phi) is 5.91. The molecule has 1 atom stereocenters. The lowest BCUT2D eigenvalue weighted by atomic mass is 10.0. The van der Waals surface area contributed by atoms with Gasteiger partial charge in [-0.05, 0) is 61.0 Å². The molecule has 0 aliphatic carbocycles. The summed E-state index contributed by atoms with van der Waals surface area (Å²) < 4.78 is 21.5. The fourth-order valence-electron chi connectivity index (χ4n) is 4.08. The van der Waals surface area contributed by atoms with E-state index >= 15 is 0 Å². The van der Waals surface area contributed by atoms with Crippen LogP contribution in [0.4, 0.5) is 10.1 Å². The van der Waals surface area contributed by atoms with E-state index in [9.17, 15) is 4.39 Å². The molecule has 31 heavy (non-hydrogen) atoms. The molecule has 0 bridgehead atoms. The van der Waals surface area contributed by atoms with Crippen LogP contribution in [0, 0.1) is 5.82 Å². The summed E-state index contributed by atoms with van der Waals surface area (Å²) in [6, 6.07) is 14.9. The van der Waals surface area contributed by atoms with Crippen LogP contribution in [0.5, 0.6) is 5.75 Å². The average Bonchev–Trinajstić information content (AvgIpc) is 3.25. The van der Waals surface area contributed by atoms with E-state index in [1.807, 2.05) is 28.9 Å². The van der Waals surface area contributed by atoms with Gasteiger partial charge in [-0.3, -0.25) is 4.90 Å². The van der Waals surface area contributed by atoms with E-state index in [1.165, 1.54) is 6.07 Å². The quantitative estimate of drug-likeness (QED) is 0.625. The Morgan fingerprint density at radius 3 is 2.26 bits per heavy atom. The summed E-state index contributed by atoms with van der Waals surface area (Å²) in [6.45, 7) is 9.26. The van der Waals surface area contributed by atoms with Gasteiger partial charge in [0.05, 0.1) is 24.4 Å². The molecular formula is C23H29FN6O. The number of ether oxygens (including phenoxy) is 1. The Bertz CT molecular complexity index is 1010. The number of benzene rings is 2. The highest BCUT2D eigenvalue weighted by Crippen LogP contribution is 2.32. The lowest BCUT2D eigenvalue weighted by Crippen LogP contribution is -2.49. The summed E-state index contributed by atoms with van der Waals surface area (Å²) in [6.07, 6.45) is 0. The molecule has 2 aromatic carbocycles. The number of para-hydroxylation sites is 1. The van der Waals surface area contributed by atoms with Crippen LogP contribution in [-0.4, -0.2) is 58.4 Å². The summed E-state index contributed by atoms with van der Waals surface area (Å²) in [5.74, 6) is 1.43. The minimum absolute atomic E-state index is 0.108. The highest BCUT2D eigenvalue weighted by Gasteiger charge is 2.33. The van der Waals surface area contributed by atoms with Gasteiger partial charge in [0.1, 0.15) is 11.6 Å². The topological polar surface area (TPSA) is 59.3 Å².